The normalized spacial score (nSPS) is 16.1. The fraction of sp³-hybridized carbons (Fsp3) is 0.583. The molecule has 0 spiro atoms. The Morgan fingerprint density at radius 2 is 2.37 bits per heavy atom. The Morgan fingerprint density at radius 3 is 3.05 bits per heavy atom. The van der Waals surface area contributed by atoms with Gasteiger partial charge in [-0.25, -0.2) is 9.97 Å². The molecule has 0 atom stereocenters. The van der Waals surface area contributed by atoms with E-state index in [9.17, 15) is 4.79 Å². The topological polar surface area (TPSA) is 78.3 Å². The zero-order valence-corrected chi connectivity index (χ0v) is 11.0. The fourth-order valence-corrected chi connectivity index (χ4v) is 2.37. The summed E-state index contributed by atoms with van der Waals surface area (Å²) in [6.45, 7) is 5.93. The quantitative estimate of drug-likeness (QED) is 0.766. The van der Waals surface area contributed by atoms with Crippen molar-refractivity contribution in [3.05, 3.63) is 28.4 Å². The maximum atomic E-state index is 11.9. The highest BCUT2D eigenvalue weighted by molar-refractivity contribution is 5.26. The number of aromatic nitrogens is 4. The molecule has 2 aromatic rings. The van der Waals surface area contributed by atoms with Crippen LogP contribution in [-0.2, 0) is 6.54 Å². The van der Waals surface area contributed by atoms with Gasteiger partial charge in [-0.2, -0.15) is 4.52 Å². The van der Waals surface area contributed by atoms with Crippen molar-refractivity contribution in [2.24, 2.45) is 0 Å². The smallest absolute Gasteiger partial charge is 0.274 e. The van der Waals surface area contributed by atoms with Crippen LogP contribution in [-0.4, -0.2) is 50.2 Å². The molecule has 1 aliphatic rings. The Kier molecular flexibility index (Phi) is 3.31. The van der Waals surface area contributed by atoms with E-state index in [1.54, 1.807) is 6.07 Å². The molecule has 0 amide bonds. The Hall–Kier alpha value is -1.73. The summed E-state index contributed by atoms with van der Waals surface area (Å²) < 4.78 is 1.35. The highest BCUT2D eigenvalue weighted by Crippen LogP contribution is 2.10. The minimum Gasteiger partial charge on any atom is -0.314 e. The largest absolute Gasteiger partial charge is 0.314 e. The molecule has 1 aliphatic heterocycles. The zero-order chi connectivity index (χ0) is 13.2. The highest BCUT2D eigenvalue weighted by Gasteiger charge is 2.24. The van der Waals surface area contributed by atoms with Crippen molar-refractivity contribution in [3.8, 4) is 0 Å². The first-order valence-electron chi connectivity index (χ1n) is 6.64. The Balaban J connectivity index is 1.84. The van der Waals surface area contributed by atoms with E-state index >= 15 is 0 Å². The predicted octanol–water partition coefficient (Wildman–Crippen LogP) is -0.399. The highest BCUT2D eigenvalue weighted by atomic mass is 16.1. The predicted molar refractivity (Wildman–Crippen MR) is 71.0 cm³/mol. The molecule has 1 saturated heterocycles. The summed E-state index contributed by atoms with van der Waals surface area (Å²) in [5.74, 6) is 0.436. The Bertz CT molecular complexity index is 614. The average molecular weight is 262 g/mol. The Morgan fingerprint density at radius 1 is 1.53 bits per heavy atom. The lowest BCUT2D eigenvalue weighted by molar-refractivity contribution is 0.136. The summed E-state index contributed by atoms with van der Waals surface area (Å²) in [5.41, 5.74) is 0.679. The number of nitrogens with zero attached hydrogens (tertiary/aromatic N) is 4. The number of H-pyrrole nitrogens is 1. The molecule has 2 aromatic heterocycles. The molecule has 0 saturated carbocycles. The zero-order valence-electron chi connectivity index (χ0n) is 11.0. The van der Waals surface area contributed by atoms with E-state index in [-0.39, 0.29) is 5.56 Å². The van der Waals surface area contributed by atoms with Crippen LogP contribution in [0.5, 0.6) is 0 Å². The van der Waals surface area contributed by atoms with Crippen molar-refractivity contribution in [1.82, 2.24) is 29.8 Å². The number of aromatic amines is 1. The number of fused-ring (bicyclic) bond motifs is 1. The first kappa shape index (κ1) is 12.3. The molecule has 7 heteroatoms. The maximum Gasteiger partial charge on any atom is 0.274 e. The van der Waals surface area contributed by atoms with Crippen molar-refractivity contribution in [2.45, 2.75) is 25.9 Å². The third kappa shape index (κ3) is 2.39. The van der Waals surface area contributed by atoms with Crippen molar-refractivity contribution < 1.29 is 0 Å². The maximum absolute atomic E-state index is 11.9. The van der Waals surface area contributed by atoms with Crippen molar-refractivity contribution >= 4 is 5.78 Å². The van der Waals surface area contributed by atoms with E-state index in [4.69, 9.17) is 0 Å². The number of hydrogen-bond donors (Lipinski definition) is 2. The minimum atomic E-state index is -0.110. The molecule has 0 radical (unpaired) electrons. The van der Waals surface area contributed by atoms with E-state index in [1.807, 2.05) is 0 Å². The fourth-order valence-electron chi connectivity index (χ4n) is 2.37. The Labute approximate surface area is 110 Å². The van der Waals surface area contributed by atoms with Crippen molar-refractivity contribution in [1.29, 1.82) is 0 Å². The molecule has 0 unspecified atom stereocenters. The third-order valence-corrected chi connectivity index (χ3v) is 3.47. The van der Waals surface area contributed by atoms with Gasteiger partial charge in [0, 0.05) is 31.7 Å². The van der Waals surface area contributed by atoms with Crippen LogP contribution < -0.4 is 10.9 Å². The van der Waals surface area contributed by atoms with Crippen LogP contribution >= 0.6 is 0 Å². The number of nitrogens with one attached hydrogen (secondary N) is 2. The SMILES string of the molecule is CCCN(Cc1cc(=O)n2[nH]cnc2n1)C1CNC1. The van der Waals surface area contributed by atoms with E-state index in [0.29, 0.717) is 18.4 Å². The summed E-state index contributed by atoms with van der Waals surface area (Å²) in [6.07, 6.45) is 2.58. The van der Waals surface area contributed by atoms with Gasteiger partial charge >= 0.3 is 0 Å². The number of rotatable bonds is 5. The second kappa shape index (κ2) is 5.10. The van der Waals surface area contributed by atoms with E-state index in [0.717, 1.165) is 31.7 Å². The van der Waals surface area contributed by atoms with Crippen LogP contribution in [0.25, 0.3) is 5.78 Å². The lowest BCUT2D eigenvalue weighted by atomic mass is 10.1. The van der Waals surface area contributed by atoms with E-state index in [2.05, 4.69) is 32.2 Å². The molecular formula is C12H18N6O. The molecule has 0 aliphatic carbocycles. The lowest BCUT2D eigenvalue weighted by Gasteiger charge is -2.37. The first-order valence-corrected chi connectivity index (χ1v) is 6.64. The van der Waals surface area contributed by atoms with Crippen LogP contribution in [0.3, 0.4) is 0 Å². The first-order chi connectivity index (χ1) is 9.28. The minimum absolute atomic E-state index is 0.110. The molecular weight excluding hydrogens is 244 g/mol. The van der Waals surface area contributed by atoms with E-state index < -0.39 is 0 Å². The molecule has 0 aromatic carbocycles. The summed E-state index contributed by atoms with van der Waals surface area (Å²) in [4.78, 5) is 22.7. The van der Waals surface area contributed by atoms with Gasteiger partial charge in [-0.05, 0) is 13.0 Å². The van der Waals surface area contributed by atoms with Crippen molar-refractivity contribution in [3.63, 3.8) is 0 Å². The van der Waals surface area contributed by atoms with Gasteiger partial charge in [0.25, 0.3) is 11.3 Å². The van der Waals surface area contributed by atoms with Crippen LogP contribution in [0.1, 0.15) is 19.0 Å². The van der Waals surface area contributed by atoms with Gasteiger partial charge in [-0.15, -0.1) is 0 Å². The van der Waals surface area contributed by atoms with Crippen LogP contribution in [0.15, 0.2) is 17.2 Å². The lowest BCUT2D eigenvalue weighted by Crippen LogP contribution is -2.57. The van der Waals surface area contributed by atoms with Gasteiger partial charge in [0.2, 0.25) is 0 Å². The molecule has 102 valence electrons. The monoisotopic (exact) mass is 262 g/mol. The van der Waals surface area contributed by atoms with Gasteiger partial charge in [-0.1, -0.05) is 6.92 Å². The molecule has 19 heavy (non-hydrogen) atoms. The summed E-state index contributed by atoms with van der Waals surface area (Å²) in [5, 5.41) is 6.02. The summed E-state index contributed by atoms with van der Waals surface area (Å²) in [6, 6.07) is 2.14. The van der Waals surface area contributed by atoms with Gasteiger partial charge in [0.05, 0.1) is 5.69 Å². The second-order valence-electron chi connectivity index (χ2n) is 4.89. The van der Waals surface area contributed by atoms with Crippen LogP contribution in [0.2, 0.25) is 0 Å². The van der Waals surface area contributed by atoms with Gasteiger partial charge in [-0.3, -0.25) is 14.8 Å². The second-order valence-corrected chi connectivity index (χ2v) is 4.89. The molecule has 7 nitrogen and oxygen atoms in total. The average Bonchev–Trinajstić information content (AvgIpc) is 2.75. The van der Waals surface area contributed by atoms with Crippen molar-refractivity contribution in [2.75, 3.05) is 19.6 Å². The molecule has 2 N–H and O–H groups in total. The van der Waals surface area contributed by atoms with Crippen LogP contribution in [0.4, 0.5) is 0 Å². The van der Waals surface area contributed by atoms with Gasteiger partial charge < -0.3 is 5.32 Å². The standard InChI is InChI=1S/C12H18N6O/c1-2-3-17(10-5-13-6-10)7-9-4-11(19)18-12(16-9)14-8-15-18/h4,8,10,13H,2-3,5-7H2,1H3,(H,14,15,16). The molecule has 3 rings (SSSR count). The van der Waals surface area contributed by atoms with Gasteiger partial charge in [0.15, 0.2) is 0 Å². The molecule has 3 heterocycles. The summed E-state index contributed by atoms with van der Waals surface area (Å²) in [7, 11) is 0. The molecule has 0 bridgehead atoms. The van der Waals surface area contributed by atoms with E-state index in [1.165, 1.54) is 10.8 Å². The third-order valence-electron chi connectivity index (χ3n) is 3.47. The van der Waals surface area contributed by atoms with Crippen LogP contribution in [0, 0.1) is 0 Å². The number of hydrogen-bond acceptors (Lipinski definition) is 5. The molecule has 1 fully saturated rings. The van der Waals surface area contributed by atoms with Gasteiger partial charge in [0.1, 0.15) is 6.33 Å². The summed E-state index contributed by atoms with van der Waals surface area (Å²) >= 11 is 0.